The van der Waals surface area contributed by atoms with Gasteiger partial charge in [0.15, 0.2) is 4.73 Å². The number of carbonyl (C=O) groups excluding carboxylic acids is 1. The maximum absolute atomic E-state index is 12.6. The van der Waals surface area contributed by atoms with Gasteiger partial charge in [-0.25, -0.2) is 18.1 Å². The second-order valence-corrected chi connectivity index (χ2v) is 9.26. The molecule has 1 N–H and O–H groups in total. The summed E-state index contributed by atoms with van der Waals surface area (Å²) < 4.78 is 33.9. The van der Waals surface area contributed by atoms with Gasteiger partial charge in [0, 0.05) is 22.3 Å². The van der Waals surface area contributed by atoms with E-state index in [1.165, 1.54) is 36.1 Å². The number of halogens is 4. The van der Waals surface area contributed by atoms with Gasteiger partial charge in [-0.2, -0.15) is 0 Å². The lowest BCUT2D eigenvalue weighted by Crippen LogP contribution is -2.31. The number of imidazole rings is 1. The SMILES string of the molecule is COc1ccc(Cl)c(S(=O)(=O)NC(=O)c2cn(-c3cc(Cl)cc(Cl)c3)c(Br)n2)c1. The normalized spacial score (nSPS) is 11.3. The van der Waals surface area contributed by atoms with Crippen LogP contribution in [0.4, 0.5) is 0 Å². The Balaban J connectivity index is 1.92. The number of hydrogen-bond acceptors (Lipinski definition) is 5. The Labute approximate surface area is 189 Å². The molecule has 1 aromatic heterocycles. The van der Waals surface area contributed by atoms with Crippen molar-refractivity contribution in [3.05, 3.63) is 68.1 Å². The largest absolute Gasteiger partial charge is 0.497 e. The molecule has 0 spiro atoms. The average molecular weight is 540 g/mol. The maximum atomic E-state index is 12.6. The third kappa shape index (κ3) is 4.87. The lowest BCUT2D eigenvalue weighted by atomic mass is 10.3. The first-order chi connectivity index (χ1) is 13.6. The molecule has 0 radical (unpaired) electrons. The molecule has 1 heterocycles. The Morgan fingerprint density at radius 3 is 2.41 bits per heavy atom. The molecule has 0 saturated heterocycles. The first kappa shape index (κ1) is 21.9. The number of rotatable bonds is 5. The van der Waals surface area contributed by atoms with Crippen molar-refractivity contribution in [1.29, 1.82) is 0 Å². The smallest absolute Gasteiger partial charge is 0.285 e. The highest BCUT2D eigenvalue weighted by Gasteiger charge is 2.24. The Morgan fingerprint density at radius 2 is 1.79 bits per heavy atom. The van der Waals surface area contributed by atoms with Crippen molar-refractivity contribution in [2.75, 3.05) is 7.11 Å². The summed E-state index contributed by atoms with van der Waals surface area (Å²) in [5.74, 6) is -0.677. The topological polar surface area (TPSA) is 90.3 Å². The molecule has 7 nitrogen and oxygen atoms in total. The van der Waals surface area contributed by atoms with E-state index in [0.29, 0.717) is 15.7 Å². The van der Waals surface area contributed by atoms with Crippen molar-refractivity contribution < 1.29 is 17.9 Å². The van der Waals surface area contributed by atoms with Crippen molar-refractivity contribution in [1.82, 2.24) is 14.3 Å². The van der Waals surface area contributed by atoms with Crippen molar-refractivity contribution in [3.63, 3.8) is 0 Å². The molecular weight excluding hydrogens is 529 g/mol. The highest BCUT2D eigenvalue weighted by atomic mass is 79.9. The predicted octanol–water partition coefficient (Wildman–Crippen LogP) is 4.72. The van der Waals surface area contributed by atoms with Crippen LogP contribution in [0, 0.1) is 0 Å². The third-order valence-corrected chi connectivity index (χ3v) is 6.48. The number of sulfonamides is 1. The molecule has 29 heavy (non-hydrogen) atoms. The number of amides is 1. The van der Waals surface area contributed by atoms with Crippen molar-refractivity contribution in [2.45, 2.75) is 4.90 Å². The van der Waals surface area contributed by atoms with Crippen LogP contribution >= 0.6 is 50.7 Å². The second-order valence-electron chi connectivity index (χ2n) is 5.62. The van der Waals surface area contributed by atoms with E-state index in [1.807, 2.05) is 4.72 Å². The van der Waals surface area contributed by atoms with Gasteiger partial charge in [0.1, 0.15) is 16.3 Å². The Morgan fingerprint density at radius 1 is 1.14 bits per heavy atom. The molecule has 2 aromatic carbocycles. The minimum Gasteiger partial charge on any atom is -0.497 e. The zero-order valence-electron chi connectivity index (χ0n) is 14.5. The molecule has 1 amide bonds. The zero-order chi connectivity index (χ0) is 21.3. The number of benzene rings is 2. The molecule has 0 saturated carbocycles. The molecular formula is C17H11BrCl3N3O4S. The van der Waals surface area contributed by atoms with Crippen LogP contribution in [-0.2, 0) is 10.0 Å². The van der Waals surface area contributed by atoms with Crippen LogP contribution < -0.4 is 9.46 Å². The van der Waals surface area contributed by atoms with Crippen molar-refractivity contribution in [3.8, 4) is 11.4 Å². The summed E-state index contributed by atoms with van der Waals surface area (Å²) in [6.45, 7) is 0. The zero-order valence-corrected chi connectivity index (χ0v) is 19.2. The quantitative estimate of drug-likeness (QED) is 0.507. The van der Waals surface area contributed by atoms with Gasteiger partial charge < -0.3 is 4.74 Å². The average Bonchev–Trinajstić information content (AvgIpc) is 3.03. The summed E-state index contributed by atoms with van der Waals surface area (Å²) in [5, 5.41) is 0.704. The predicted molar refractivity (Wildman–Crippen MR) is 114 cm³/mol. The van der Waals surface area contributed by atoms with Crippen LogP contribution in [0.5, 0.6) is 5.75 Å². The van der Waals surface area contributed by atoms with Crippen LogP contribution in [0.15, 0.2) is 52.2 Å². The summed E-state index contributed by atoms with van der Waals surface area (Å²) in [7, 11) is -2.89. The number of nitrogens with one attached hydrogen (secondary N) is 1. The number of carbonyl (C=O) groups is 1. The summed E-state index contributed by atoms with van der Waals surface area (Å²) in [4.78, 5) is 16.3. The first-order valence-corrected chi connectivity index (χ1v) is 11.1. The van der Waals surface area contributed by atoms with Gasteiger partial charge in [0.05, 0.1) is 17.8 Å². The molecule has 3 rings (SSSR count). The van der Waals surface area contributed by atoms with E-state index >= 15 is 0 Å². The minimum absolute atomic E-state index is 0.0635. The van der Waals surface area contributed by atoms with E-state index in [1.54, 1.807) is 18.2 Å². The van der Waals surface area contributed by atoms with Crippen LogP contribution in [0.2, 0.25) is 15.1 Å². The number of nitrogens with zero attached hydrogens (tertiary/aromatic N) is 2. The van der Waals surface area contributed by atoms with Gasteiger partial charge in [-0.1, -0.05) is 34.8 Å². The summed E-state index contributed by atoms with van der Waals surface area (Å²) in [5.41, 5.74) is 0.371. The van der Waals surface area contributed by atoms with Crippen LogP contribution in [0.25, 0.3) is 5.69 Å². The molecule has 12 heteroatoms. The van der Waals surface area contributed by atoms with E-state index in [-0.39, 0.29) is 26.1 Å². The molecule has 0 aliphatic rings. The summed E-state index contributed by atoms with van der Waals surface area (Å²) >= 11 is 21.2. The van der Waals surface area contributed by atoms with Crippen LogP contribution in [0.3, 0.4) is 0 Å². The van der Waals surface area contributed by atoms with Gasteiger partial charge in [-0.15, -0.1) is 0 Å². The van der Waals surface area contributed by atoms with Gasteiger partial charge in [-0.05, 0) is 46.3 Å². The lowest BCUT2D eigenvalue weighted by Gasteiger charge is -2.09. The van der Waals surface area contributed by atoms with Gasteiger partial charge in [-0.3, -0.25) is 9.36 Å². The third-order valence-electron chi connectivity index (χ3n) is 3.68. The molecule has 0 aliphatic heterocycles. The van der Waals surface area contributed by atoms with E-state index in [0.717, 1.165) is 0 Å². The number of aromatic nitrogens is 2. The van der Waals surface area contributed by atoms with Crippen LogP contribution in [0.1, 0.15) is 10.5 Å². The van der Waals surface area contributed by atoms with Crippen molar-refractivity contribution >= 4 is 66.7 Å². The molecule has 0 bridgehead atoms. The van der Waals surface area contributed by atoms with E-state index in [9.17, 15) is 13.2 Å². The molecule has 0 aliphatic carbocycles. The molecule has 3 aromatic rings. The van der Waals surface area contributed by atoms with Crippen molar-refractivity contribution in [2.24, 2.45) is 0 Å². The van der Waals surface area contributed by atoms with E-state index in [2.05, 4.69) is 20.9 Å². The highest BCUT2D eigenvalue weighted by molar-refractivity contribution is 9.10. The second kappa shape index (κ2) is 8.53. The fourth-order valence-electron chi connectivity index (χ4n) is 2.37. The molecule has 0 unspecified atom stereocenters. The molecule has 152 valence electrons. The molecule has 0 atom stereocenters. The summed E-state index contributed by atoms with van der Waals surface area (Å²) in [6, 6.07) is 8.82. The van der Waals surface area contributed by atoms with Gasteiger partial charge in [0.25, 0.3) is 15.9 Å². The Hall–Kier alpha value is -1.78. The number of methoxy groups -OCH3 is 1. The fraction of sp³-hybridized carbons (Fsp3) is 0.0588. The fourth-order valence-corrected chi connectivity index (χ4v) is 4.86. The Bertz CT molecular complexity index is 1190. The number of hydrogen-bond donors (Lipinski definition) is 1. The van der Waals surface area contributed by atoms with Gasteiger partial charge in [0.2, 0.25) is 0 Å². The Kier molecular flexibility index (Phi) is 6.45. The summed E-state index contributed by atoms with van der Waals surface area (Å²) in [6.07, 6.45) is 1.34. The lowest BCUT2D eigenvalue weighted by molar-refractivity contribution is 0.0977. The maximum Gasteiger partial charge on any atom is 0.285 e. The monoisotopic (exact) mass is 537 g/mol. The van der Waals surface area contributed by atoms with Crippen LogP contribution in [-0.4, -0.2) is 31.0 Å². The number of ether oxygens (including phenoxy) is 1. The first-order valence-electron chi connectivity index (χ1n) is 7.73. The van der Waals surface area contributed by atoms with E-state index in [4.69, 9.17) is 39.5 Å². The molecule has 0 fully saturated rings. The van der Waals surface area contributed by atoms with E-state index < -0.39 is 15.9 Å². The highest BCUT2D eigenvalue weighted by Crippen LogP contribution is 2.27. The minimum atomic E-state index is -4.27. The van der Waals surface area contributed by atoms with Gasteiger partial charge >= 0.3 is 0 Å². The standard InChI is InChI=1S/C17H11BrCl3N3O4S/c1-28-12-2-3-13(21)15(7-12)29(26,27)23-16(25)14-8-24(17(18)22-14)11-5-9(19)4-10(20)6-11/h2-8H,1H3,(H,23,25).